The van der Waals surface area contributed by atoms with Crippen molar-refractivity contribution in [2.24, 2.45) is 0 Å². The van der Waals surface area contributed by atoms with Crippen molar-refractivity contribution in [2.45, 2.75) is 117 Å². The molecule has 0 unspecified atom stereocenters. The van der Waals surface area contributed by atoms with Gasteiger partial charge in [0, 0.05) is 13.3 Å². The van der Waals surface area contributed by atoms with Crippen LogP contribution in [-0.4, -0.2) is 49.7 Å². The first-order valence-electron chi connectivity index (χ1n) is 9.88. The molecule has 0 atom stereocenters. The number of unbranched alkanes of at least 4 members (excludes halogenated alkanes) is 14. The number of carbonyl (C=O) groups excluding carboxylic acids is 2. The monoisotopic (exact) mass is 368 g/mol. The van der Waals surface area contributed by atoms with Crippen LogP contribution in [0.4, 0.5) is 0 Å². The van der Waals surface area contributed by atoms with Crippen LogP contribution in [0.2, 0.25) is 0 Å². The standard InChI is InChI=1S/C20H38O3.Ca.2H/c1-3-4-5-6-7-8-9-10-11-12-13-14-15-16-17-18-20(22)23-19(2)21;;;/h3-18H2,1-2H3;;;. The molecule has 0 aliphatic rings. The van der Waals surface area contributed by atoms with Crippen LogP contribution in [0.5, 0.6) is 0 Å². The molecule has 140 valence electrons. The van der Waals surface area contributed by atoms with Gasteiger partial charge in [-0.2, -0.15) is 0 Å². The van der Waals surface area contributed by atoms with E-state index >= 15 is 0 Å². The summed E-state index contributed by atoms with van der Waals surface area (Å²) in [6.07, 6.45) is 20.0. The van der Waals surface area contributed by atoms with E-state index in [4.69, 9.17) is 0 Å². The van der Waals surface area contributed by atoms with Crippen LogP contribution in [-0.2, 0) is 14.3 Å². The molecule has 0 aromatic carbocycles. The summed E-state index contributed by atoms with van der Waals surface area (Å²) in [4.78, 5) is 21.7. The van der Waals surface area contributed by atoms with Gasteiger partial charge in [-0.15, -0.1) is 0 Å². The quantitative estimate of drug-likeness (QED) is 0.158. The Kier molecular flexibility index (Phi) is 23.8. The van der Waals surface area contributed by atoms with Gasteiger partial charge in [-0.05, 0) is 6.42 Å². The van der Waals surface area contributed by atoms with Crippen molar-refractivity contribution in [3.8, 4) is 0 Å². The molecule has 0 heterocycles. The topological polar surface area (TPSA) is 43.4 Å². The average Bonchev–Trinajstić information content (AvgIpc) is 2.50. The SMILES string of the molecule is CCCCCCCCCCCCCCCCCC(=O)OC(C)=O.[CaH2]. The molecule has 0 aliphatic carbocycles. The summed E-state index contributed by atoms with van der Waals surface area (Å²) in [6, 6.07) is 0. The Bertz CT molecular complexity index is 293. The maximum atomic E-state index is 11.1. The Hall–Kier alpha value is 0.400. The fourth-order valence-electron chi connectivity index (χ4n) is 2.85. The van der Waals surface area contributed by atoms with E-state index < -0.39 is 5.97 Å². The number of ether oxygens (including phenoxy) is 1. The normalized spacial score (nSPS) is 10.2. The second-order valence-electron chi connectivity index (χ2n) is 6.67. The third-order valence-corrected chi connectivity index (χ3v) is 4.24. The summed E-state index contributed by atoms with van der Waals surface area (Å²) in [5.74, 6) is -0.886. The van der Waals surface area contributed by atoms with Gasteiger partial charge in [0.25, 0.3) is 0 Å². The van der Waals surface area contributed by atoms with Crippen LogP contribution in [0.3, 0.4) is 0 Å². The second-order valence-corrected chi connectivity index (χ2v) is 6.67. The first-order chi connectivity index (χ1) is 11.2. The molecule has 0 fully saturated rings. The van der Waals surface area contributed by atoms with E-state index in [9.17, 15) is 9.59 Å². The zero-order chi connectivity index (χ0) is 17.2. The number of rotatable bonds is 16. The summed E-state index contributed by atoms with van der Waals surface area (Å²) in [5.41, 5.74) is 0. The van der Waals surface area contributed by atoms with Crippen molar-refractivity contribution in [2.75, 3.05) is 0 Å². The average molecular weight is 369 g/mol. The number of hydrogen-bond acceptors (Lipinski definition) is 3. The molecule has 0 saturated heterocycles. The molecule has 3 nitrogen and oxygen atoms in total. The summed E-state index contributed by atoms with van der Waals surface area (Å²) < 4.78 is 4.49. The second kappa shape index (κ2) is 21.4. The van der Waals surface area contributed by atoms with Crippen molar-refractivity contribution in [3.05, 3.63) is 0 Å². The van der Waals surface area contributed by atoms with Crippen LogP contribution >= 0.6 is 0 Å². The molecule has 0 spiro atoms. The number of esters is 2. The third-order valence-electron chi connectivity index (χ3n) is 4.24. The van der Waals surface area contributed by atoms with Crippen molar-refractivity contribution in [1.29, 1.82) is 0 Å². The zero-order valence-electron chi connectivity index (χ0n) is 15.5. The predicted molar refractivity (Wildman–Crippen MR) is 105 cm³/mol. The van der Waals surface area contributed by atoms with E-state index in [1.807, 2.05) is 0 Å². The predicted octanol–water partition coefficient (Wildman–Crippen LogP) is 5.42. The van der Waals surface area contributed by atoms with Crippen LogP contribution in [0.25, 0.3) is 0 Å². The first kappa shape index (κ1) is 26.6. The van der Waals surface area contributed by atoms with E-state index in [-0.39, 0.29) is 43.7 Å². The van der Waals surface area contributed by atoms with E-state index in [1.165, 1.54) is 90.4 Å². The molecule has 0 aromatic rings. The molecular weight excluding hydrogens is 328 g/mol. The molecule has 0 rings (SSSR count). The maximum absolute atomic E-state index is 11.1. The van der Waals surface area contributed by atoms with E-state index in [0.29, 0.717) is 6.42 Å². The fraction of sp³-hybridized carbons (Fsp3) is 0.900. The molecule has 24 heavy (non-hydrogen) atoms. The molecule has 0 saturated carbocycles. The van der Waals surface area contributed by atoms with Gasteiger partial charge in [0.1, 0.15) is 0 Å². The van der Waals surface area contributed by atoms with Gasteiger partial charge in [0.2, 0.25) is 0 Å². The van der Waals surface area contributed by atoms with Gasteiger partial charge in [0.15, 0.2) is 0 Å². The molecule has 0 amide bonds. The van der Waals surface area contributed by atoms with Gasteiger partial charge in [0.05, 0.1) is 0 Å². The van der Waals surface area contributed by atoms with Crippen LogP contribution < -0.4 is 0 Å². The van der Waals surface area contributed by atoms with Gasteiger partial charge < -0.3 is 4.74 Å². The molecule has 0 aromatic heterocycles. The number of carbonyl (C=O) groups is 2. The number of hydrogen-bond donors (Lipinski definition) is 0. The summed E-state index contributed by atoms with van der Waals surface area (Å²) in [6.45, 7) is 3.53. The molecular formula is C20H40CaO3. The third kappa shape index (κ3) is 22.4. The minimum atomic E-state index is -0.504. The van der Waals surface area contributed by atoms with Gasteiger partial charge >= 0.3 is 49.7 Å². The van der Waals surface area contributed by atoms with Crippen LogP contribution in [0, 0.1) is 0 Å². The molecule has 0 bridgehead atoms. The Morgan fingerprint density at radius 3 is 1.29 bits per heavy atom. The van der Waals surface area contributed by atoms with E-state index in [2.05, 4.69) is 11.7 Å². The molecule has 0 N–H and O–H groups in total. The minimum absolute atomic E-state index is 0. The first-order valence-corrected chi connectivity index (χ1v) is 9.88. The van der Waals surface area contributed by atoms with Crippen LogP contribution in [0.1, 0.15) is 117 Å². The van der Waals surface area contributed by atoms with Crippen molar-refractivity contribution >= 4 is 49.7 Å². The molecule has 0 aliphatic heterocycles. The van der Waals surface area contributed by atoms with Crippen LogP contribution in [0.15, 0.2) is 0 Å². The van der Waals surface area contributed by atoms with Gasteiger partial charge in [-0.25, -0.2) is 0 Å². The Morgan fingerprint density at radius 2 is 0.958 bits per heavy atom. The van der Waals surface area contributed by atoms with Gasteiger partial charge in [-0.1, -0.05) is 96.8 Å². The van der Waals surface area contributed by atoms with Crippen molar-refractivity contribution in [3.63, 3.8) is 0 Å². The Morgan fingerprint density at radius 1 is 0.625 bits per heavy atom. The molecule has 0 radical (unpaired) electrons. The van der Waals surface area contributed by atoms with Crippen molar-refractivity contribution in [1.82, 2.24) is 0 Å². The zero-order valence-corrected chi connectivity index (χ0v) is 15.5. The van der Waals surface area contributed by atoms with E-state index in [1.54, 1.807) is 0 Å². The Labute approximate surface area is 179 Å². The summed E-state index contributed by atoms with van der Waals surface area (Å²) >= 11 is 0. The summed E-state index contributed by atoms with van der Waals surface area (Å²) in [5, 5.41) is 0. The van der Waals surface area contributed by atoms with Gasteiger partial charge in [-0.3, -0.25) is 9.59 Å². The fourth-order valence-corrected chi connectivity index (χ4v) is 2.85. The van der Waals surface area contributed by atoms with E-state index in [0.717, 1.165) is 12.8 Å². The van der Waals surface area contributed by atoms with Crippen molar-refractivity contribution < 1.29 is 14.3 Å². The Balaban J connectivity index is 0. The molecule has 4 heteroatoms. The summed E-state index contributed by atoms with van der Waals surface area (Å²) in [7, 11) is 0.